The van der Waals surface area contributed by atoms with Crippen molar-refractivity contribution in [2.24, 2.45) is 4.99 Å². The molecule has 0 aliphatic rings. The molecule has 0 radical (unpaired) electrons. The second kappa shape index (κ2) is 7.97. The summed E-state index contributed by atoms with van der Waals surface area (Å²) in [5.74, 6) is -1.60. The molecule has 0 aliphatic heterocycles. The lowest BCUT2D eigenvalue weighted by Gasteiger charge is -2.12. The maximum absolute atomic E-state index is 14.1. The second-order valence-electron chi connectivity index (χ2n) is 6.34. The summed E-state index contributed by atoms with van der Waals surface area (Å²) in [6.45, 7) is 1.30. The molecule has 0 unspecified atom stereocenters. The Hall–Kier alpha value is -3.69. The van der Waals surface area contributed by atoms with Crippen LogP contribution in [0.2, 0.25) is 0 Å². The number of nitrogens with zero attached hydrogens (tertiary/aromatic N) is 2. The lowest BCUT2D eigenvalue weighted by molar-refractivity contribution is -0.137. The number of rotatable bonds is 4. The predicted molar refractivity (Wildman–Crippen MR) is 102 cm³/mol. The van der Waals surface area contributed by atoms with Gasteiger partial charge in [0.2, 0.25) is 5.88 Å². The minimum Gasteiger partial charge on any atom is -0.493 e. The smallest absolute Gasteiger partial charge is 0.416 e. The van der Waals surface area contributed by atoms with Crippen molar-refractivity contribution in [2.45, 2.75) is 19.6 Å². The van der Waals surface area contributed by atoms with Crippen LogP contribution < -0.4 is 11.2 Å². The van der Waals surface area contributed by atoms with Crippen LogP contribution in [0.25, 0.3) is 5.69 Å². The molecule has 1 aromatic heterocycles. The van der Waals surface area contributed by atoms with Gasteiger partial charge < -0.3 is 5.11 Å². The average Bonchev–Trinajstić information content (AvgIpc) is 2.67. The Morgan fingerprint density at radius 3 is 2.33 bits per heavy atom. The fraction of sp³-hybridized carbons (Fsp3) is 0.150. The number of nitrogens with one attached hydrogen (secondary N) is 1. The molecule has 10 heteroatoms. The van der Waals surface area contributed by atoms with Crippen LogP contribution in [0, 0.1) is 5.82 Å². The molecular weight excluding hydrogens is 406 g/mol. The van der Waals surface area contributed by atoms with Crippen LogP contribution >= 0.6 is 0 Å². The van der Waals surface area contributed by atoms with Crippen molar-refractivity contribution >= 4 is 5.71 Å². The summed E-state index contributed by atoms with van der Waals surface area (Å²) in [4.78, 5) is 30.4. The lowest BCUT2D eigenvalue weighted by Crippen LogP contribution is -2.33. The SMILES string of the molecule is CC(=NCc1ccc(C(F)(F)F)cc1)c1c(O)n(-c2ccccc2F)c(=O)[nH]c1=O. The van der Waals surface area contributed by atoms with Crippen LogP contribution in [0.5, 0.6) is 5.88 Å². The minimum absolute atomic E-state index is 0.0127. The molecule has 0 bridgehead atoms. The van der Waals surface area contributed by atoms with Gasteiger partial charge in [-0.2, -0.15) is 13.2 Å². The van der Waals surface area contributed by atoms with E-state index in [0.29, 0.717) is 10.1 Å². The number of aromatic hydroxyl groups is 1. The Labute approximate surface area is 166 Å². The van der Waals surface area contributed by atoms with E-state index in [-0.39, 0.29) is 23.5 Å². The van der Waals surface area contributed by atoms with Crippen LogP contribution in [0.3, 0.4) is 0 Å². The van der Waals surface area contributed by atoms with E-state index < -0.39 is 34.7 Å². The maximum Gasteiger partial charge on any atom is 0.416 e. The van der Waals surface area contributed by atoms with E-state index in [2.05, 4.69) is 4.99 Å². The van der Waals surface area contributed by atoms with Gasteiger partial charge in [-0.15, -0.1) is 0 Å². The van der Waals surface area contributed by atoms with Crippen LogP contribution in [0.1, 0.15) is 23.6 Å². The Morgan fingerprint density at radius 2 is 1.73 bits per heavy atom. The highest BCUT2D eigenvalue weighted by Gasteiger charge is 2.29. The summed E-state index contributed by atoms with van der Waals surface area (Å²) in [5, 5.41) is 10.5. The molecule has 3 aromatic rings. The van der Waals surface area contributed by atoms with Crippen molar-refractivity contribution in [2.75, 3.05) is 0 Å². The molecule has 0 saturated carbocycles. The molecule has 3 rings (SSSR count). The van der Waals surface area contributed by atoms with Gasteiger partial charge in [0.25, 0.3) is 5.56 Å². The van der Waals surface area contributed by atoms with Gasteiger partial charge in [-0.1, -0.05) is 24.3 Å². The first-order chi connectivity index (χ1) is 14.1. The van der Waals surface area contributed by atoms with Gasteiger partial charge in [-0.25, -0.2) is 13.8 Å². The third-order valence-electron chi connectivity index (χ3n) is 4.32. The third-order valence-corrected chi connectivity index (χ3v) is 4.32. The molecule has 0 fully saturated rings. The summed E-state index contributed by atoms with van der Waals surface area (Å²) >= 11 is 0. The number of H-pyrrole nitrogens is 1. The van der Waals surface area contributed by atoms with Gasteiger partial charge in [0.15, 0.2) is 0 Å². The molecule has 0 aliphatic carbocycles. The number of alkyl halides is 3. The van der Waals surface area contributed by atoms with Crippen molar-refractivity contribution in [3.8, 4) is 11.6 Å². The van der Waals surface area contributed by atoms with Crippen molar-refractivity contribution in [1.82, 2.24) is 9.55 Å². The number of aromatic nitrogens is 2. The molecule has 2 aromatic carbocycles. The molecule has 6 nitrogen and oxygen atoms in total. The van der Waals surface area contributed by atoms with Crippen LogP contribution in [-0.4, -0.2) is 20.4 Å². The van der Waals surface area contributed by atoms with E-state index in [9.17, 15) is 32.3 Å². The number of aromatic amines is 1. The van der Waals surface area contributed by atoms with Crippen molar-refractivity contribution < 1.29 is 22.7 Å². The first kappa shape index (κ1) is 21.0. The fourth-order valence-electron chi connectivity index (χ4n) is 2.80. The minimum atomic E-state index is -4.46. The maximum atomic E-state index is 14.1. The summed E-state index contributed by atoms with van der Waals surface area (Å²) in [5.41, 5.74) is -2.96. The molecule has 1 heterocycles. The zero-order chi connectivity index (χ0) is 22.1. The molecule has 0 amide bonds. The monoisotopic (exact) mass is 421 g/mol. The zero-order valence-electron chi connectivity index (χ0n) is 15.5. The molecule has 0 spiro atoms. The Kier molecular flexibility index (Phi) is 5.59. The fourth-order valence-corrected chi connectivity index (χ4v) is 2.80. The number of hydrogen-bond donors (Lipinski definition) is 2. The van der Waals surface area contributed by atoms with Gasteiger partial charge >= 0.3 is 11.9 Å². The third kappa shape index (κ3) is 4.17. The largest absolute Gasteiger partial charge is 0.493 e. The highest BCUT2D eigenvalue weighted by molar-refractivity contribution is 6.00. The Balaban J connectivity index is 1.99. The van der Waals surface area contributed by atoms with Gasteiger partial charge in [-0.3, -0.25) is 14.8 Å². The van der Waals surface area contributed by atoms with Gasteiger partial charge in [0.05, 0.1) is 23.5 Å². The molecule has 0 atom stereocenters. The molecule has 0 saturated heterocycles. The average molecular weight is 421 g/mol. The number of hydrogen-bond acceptors (Lipinski definition) is 4. The lowest BCUT2D eigenvalue weighted by atomic mass is 10.1. The van der Waals surface area contributed by atoms with Gasteiger partial charge in [-0.05, 0) is 36.8 Å². The van der Waals surface area contributed by atoms with Crippen LogP contribution in [0.4, 0.5) is 17.6 Å². The van der Waals surface area contributed by atoms with Crippen molar-refractivity contribution in [1.29, 1.82) is 0 Å². The normalized spacial score (nSPS) is 12.2. The standard InChI is InChI=1S/C20H15F4N3O3/c1-11(25-10-12-6-8-13(9-7-12)20(22,23)24)16-17(28)26-19(30)27(18(16)29)15-5-3-2-4-14(15)21/h2-9,29H,10H2,1H3,(H,26,28,30). The second-order valence-corrected chi connectivity index (χ2v) is 6.34. The van der Waals surface area contributed by atoms with Crippen molar-refractivity contribution in [3.63, 3.8) is 0 Å². The molecular formula is C20H15F4N3O3. The van der Waals surface area contributed by atoms with E-state index >= 15 is 0 Å². The summed E-state index contributed by atoms with van der Waals surface area (Å²) in [7, 11) is 0. The van der Waals surface area contributed by atoms with Crippen LogP contribution in [0.15, 0.2) is 63.1 Å². The predicted octanol–water partition coefficient (Wildman–Crippen LogP) is 3.40. The number of para-hydroxylation sites is 1. The topological polar surface area (TPSA) is 87.4 Å². The Bertz CT molecular complexity index is 1230. The Morgan fingerprint density at radius 1 is 1.10 bits per heavy atom. The van der Waals surface area contributed by atoms with Crippen molar-refractivity contribution in [3.05, 3.63) is 91.9 Å². The van der Waals surface area contributed by atoms with Gasteiger partial charge in [0, 0.05) is 0 Å². The van der Waals surface area contributed by atoms with Crippen LogP contribution in [-0.2, 0) is 12.7 Å². The molecule has 156 valence electrons. The van der Waals surface area contributed by atoms with E-state index in [1.165, 1.54) is 37.3 Å². The number of halogens is 4. The first-order valence-electron chi connectivity index (χ1n) is 8.60. The first-order valence-corrected chi connectivity index (χ1v) is 8.60. The molecule has 30 heavy (non-hydrogen) atoms. The quantitative estimate of drug-likeness (QED) is 0.500. The van der Waals surface area contributed by atoms with E-state index in [1.54, 1.807) is 0 Å². The number of benzene rings is 2. The summed E-state index contributed by atoms with van der Waals surface area (Å²) in [6.07, 6.45) is -4.46. The van der Waals surface area contributed by atoms with E-state index in [0.717, 1.165) is 18.2 Å². The van der Waals surface area contributed by atoms with E-state index in [4.69, 9.17) is 0 Å². The van der Waals surface area contributed by atoms with E-state index in [1.807, 2.05) is 4.98 Å². The zero-order valence-corrected chi connectivity index (χ0v) is 15.5. The highest BCUT2D eigenvalue weighted by atomic mass is 19.4. The summed E-state index contributed by atoms with van der Waals surface area (Å²) in [6, 6.07) is 9.45. The number of aliphatic imine (C=N–C) groups is 1. The van der Waals surface area contributed by atoms with Gasteiger partial charge in [0.1, 0.15) is 11.4 Å². The molecule has 2 N–H and O–H groups in total. The highest BCUT2D eigenvalue weighted by Crippen LogP contribution is 2.29. The summed E-state index contributed by atoms with van der Waals surface area (Å²) < 4.78 is 52.6.